The Hall–Kier alpha value is 1.27. The molecule has 0 saturated heterocycles. The second-order valence-electron chi connectivity index (χ2n) is 0.792. The quantitative estimate of drug-likeness (QED) is 0.411. The highest BCUT2D eigenvalue weighted by atomic mass is 79.9. The van der Waals surface area contributed by atoms with Gasteiger partial charge in [-0.1, -0.05) is 36.3 Å². The normalized spacial score (nSPS) is 11.2. The third-order valence-electron chi connectivity index (χ3n) is 0.246. The summed E-state index contributed by atoms with van der Waals surface area (Å²) in [6.07, 6.45) is 0. The molecule has 0 N–H and O–H groups in total. The summed E-state index contributed by atoms with van der Waals surface area (Å²) in [5, 5.41) is 0. The van der Waals surface area contributed by atoms with Crippen molar-refractivity contribution in [2.24, 2.45) is 0 Å². The Morgan fingerprint density at radius 3 is 1.83 bits per heavy atom. The minimum absolute atomic E-state index is 1.55. The van der Waals surface area contributed by atoms with E-state index in [4.69, 9.17) is 0 Å². The molecule has 0 atom stereocenters. The van der Waals surface area contributed by atoms with Gasteiger partial charge in [0.25, 0.3) is 4.46 Å². The lowest BCUT2D eigenvalue weighted by Gasteiger charge is -1.96. The molecule has 0 fully saturated rings. The molecule has 0 aliphatic rings. The molecule has 0 radical (unpaired) electrons. The first-order chi connectivity index (χ1) is 2.56. The van der Waals surface area contributed by atoms with E-state index < -0.39 is 4.46 Å². The van der Waals surface area contributed by atoms with Crippen molar-refractivity contribution < 1.29 is 0 Å². The molecular formula is C2H4Br2SSi. The summed E-state index contributed by atoms with van der Waals surface area (Å²) in [6, 6.07) is 0. The Kier molecular flexibility index (Phi) is 3.08. The Morgan fingerprint density at radius 1 is 1.67 bits per heavy atom. The van der Waals surface area contributed by atoms with Crippen molar-refractivity contribution in [2.45, 2.75) is 0 Å². The third kappa shape index (κ3) is 5.27. The van der Waals surface area contributed by atoms with Gasteiger partial charge in [0.05, 0.1) is 0 Å². The van der Waals surface area contributed by atoms with E-state index in [-0.39, 0.29) is 0 Å². The van der Waals surface area contributed by atoms with Crippen molar-refractivity contribution in [3.05, 3.63) is 12.3 Å². The minimum atomic E-state index is -1.55. The molecule has 0 spiro atoms. The maximum Gasteiger partial charge on any atom is 0.278 e. The Balaban J connectivity index is 3.45. The second kappa shape index (κ2) is 2.54. The predicted octanol–water partition coefficient (Wildman–Crippen LogP) is 2.37. The molecule has 0 heterocycles. The van der Waals surface area contributed by atoms with Crippen LogP contribution in [0.4, 0.5) is 0 Å². The van der Waals surface area contributed by atoms with Crippen LogP contribution in [0, 0.1) is 0 Å². The van der Waals surface area contributed by atoms with Gasteiger partial charge in [0.1, 0.15) is 0 Å². The third-order valence-corrected chi connectivity index (χ3v) is 3.23. The van der Waals surface area contributed by atoms with E-state index in [1.54, 1.807) is 5.70 Å². The summed E-state index contributed by atoms with van der Waals surface area (Å²) in [7, 11) is 0. The average Bonchev–Trinajstić information content (AvgIpc) is 1.35. The molecule has 0 nitrogen and oxygen atoms in total. The van der Waals surface area contributed by atoms with Crippen molar-refractivity contribution in [1.29, 1.82) is 0 Å². The number of hydrogen-bond donors (Lipinski definition) is 1. The zero-order chi connectivity index (χ0) is 5.21. The van der Waals surface area contributed by atoms with Crippen LogP contribution < -0.4 is 0 Å². The van der Waals surface area contributed by atoms with Crippen molar-refractivity contribution in [1.82, 2.24) is 0 Å². The van der Waals surface area contributed by atoms with E-state index in [2.05, 4.69) is 49.2 Å². The maximum atomic E-state index is 4.11. The zero-order valence-corrected chi connectivity index (χ0v) is 8.05. The van der Waals surface area contributed by atoms with Crippen LogP contribution in [0.3, 0.4) is 0 Å². The zero-order valence-electron chi connectivity index (χ0n) is 2.99. The SMILES string of the molecule is C=C[Si](S)(Br)Br. The van der Waals surface area contributed by atoms with Crippen molar-refractivity contribution >= 4 is 47.1 Å². The Bertz CT molecular complexity index is 57.1. The van der Waals surface area contributed by atoms with Gasteiger partial charge in [0.15, 0.2) is 0 Å². The second-order valence-corrected chi connectivity index (χ2v) is 18.9. The Morgan fingerprint density at radius 2 is 1.83 bits per heavy atom. The maximum absolute atomic E-state index is 4.11. The van der Waals surface area contributed by atoms with Crippen LogP contribution in [0.5, 0.6) is 0 Å². The van der Waals surface area contributed by atoms with E-state index >= 15 is 0 Å². The van der Waals surface area contributed by atoms with Gasteiger partial charge < -0.3 is 0 Å². The highest BCUT2D eigenvalue weighted by Crippen LogP contribution is 2.24. The van der Waals surface area contributed by atoms with Crippen LogP contribution in [0.2, 0.25) is 0 Å². The average molecular weight is 248 g/mol. The molecule has 0 unspecified atom stereocenters. The minimum Gasteiger partial charge on any atom is -0.175 e. The van der Waals surface area contributed by atoms with Crippen molar-refractivity contribution in [3.63, 3.8) is 0 Å². The van der Waals surface area contributed by atoms with E-state index in [0.717, 1.165) is 0 Å². The molecule has 0 saturated carbocycles. The summed E-state index contributed by atoms with van der Waals surface area (Å²) < 4.78 is -1.55. The number of halogens is 2. The van der Waals surface area contributed by atoms with Gasteiger partial charge in [0, 0.05) is 0 Å². The smallest absolute Gasteiger partial charge is 0.175 e. The first-order valence-electron chi connectivity index (χ1n) is 1.30. The van der Waals surface area contributed by atoms with Crippen LogP contribution in [-0.2, 0) is 0 Å². The van der Waals surface area contributed by atoms with Crippen molar-refractivity contribution in [2.75, 3.05) is 0 Å². The monoisotopic (exact) mass is 246 g/mol. The first-order valence-corrected chi connectivity index (χ1v) is 9.18. The Labute approximate surface area is 59.2 Å². The highest BCUT2D eigenvalue weighted by molar-refractivity contribution is 9.57. The predicted molar refractivity (Wildman–Crippen MR) is 42.8 cm³/mol. The summed E-state index contributed by atoms with van der Waals surface area (Å²) in [4.78, 5) is 0. The van der Waals surface area contributed by atoms with Crippen LogP contribution in [0.25, 0.3) is 0 Å². The molecule has 4 heteroatoms. The molecule has 0 bridgehead atoms. The number of rotatable bonds is 1. The summed E-state index contributed by atoms with van der Waals surface area (Å²) >= 11 is 10.7. The van der Waals surface area contributed by atoms with E-state index in [1.807, 2.05) is 0 Å². The fourth-order valence-corrected chi connectivity index (χ4v) is 0. The standard InChI is InChI=1S/C2H4Br2SSi/c1-2-6(3,4)5/h2,5H,1H2. The summed E-state index contributed by atoms with van der Waals surface area (Å²) in [5.74, 6) is 0. The molecule has 0 aliphatic carbocycles. The van der Waals surface area contributed by atoms with Crippen molar-refractivity contribution in [3.8, 4) is 0 Å². The molecule has 0 aromatic carbocycles. The van der Waals surface area contributed by atoms with Gasteiger partial charge in [-0.25, -0.2) is 0 Å². The fourth-order valence-electron chi connectivity index (χ4n) is 0. The fraction of sp³-hybridized carbons (Fsp3) is 0. The molecular weight excluding hydrogens is 244 g/mol. The number of hydrogen-bond acceptors (Lipinski definition) is 1. The molecule has 0 aromatic heterocycles. The molecule has 0 aromatic rings. The lowest BCUT2D eigenvalue weighted by atomic mass is 11.3. The van der Waals surface area contributed by atoms with Gasteiger partial charge in [-0.15, -0.1) is 6.58 Å². The van der Waals surface area contributed by atoms with Gasteiger partial charge >= 0.3 is 0 Å². The molecule has 36 valence electrons. The molecule has 0 rings (SSSR count). The van der Waals surface area contributed by atoms with Gasteiger partial charge in [-0.05, 0) is 0 Å². The van der Waals surface area contributed by atoms with E-state index in [9.17, 15) is 0 Å². The van der Waals surface area contributed by atoms with E-state index in [1.165, 1.54) is 0 Å². The topological polar surface area (TPSA) is 0 Å². The van der Waals surface area contributed by atoms with Gasteiger partial charge in [0.2, 0.25) is 0 Å². The van der Waals surface area contributed by atoms with Gasteiger partial charge in [-0.3, -0.25) is 0 Å². The van der Waals surface area contributed by atoms with Crippen LogP contribution >= 0.6 is 42.7 Å². The van der Waals surface area contributed by atoms with Crippen LogP contribution in [0.15, 0.2) is 12.3 Å². The highest BCUT2D eigenvalue weighted by Gasteiger charge is 2.12. The van der Waals surface area contributed by atoms with Gasteiger partial charge in [-0.2, -0.15) is 12.1 Å². The van der Waals surface area contributed by atoms with E-state index in [0.29, 0.717) is 0 Å². The molecule has 0 aliphatic heterocycles. The number of thiol groups is 1. The summed E-state index contributed by atoms with van der Waals surface area (Å²) in [5.41, 5.74) is 1.77. The molecule has 6 heavy (non-hydrogen) atoms. The van der Waals surface area contributed by atoms with Crippen LogP contribution in [0.1, 0.15) is 0 Å². The molecule has 0 amide bonds. The lowest BCUT2D eigenvalue weighted by Crippen LogP contribution is -1.99. The first kappa shape index (κ1) is 7.27. The van der Waals surface area contributed by atoms with Crippen LogP contribution in [-0.4, -0.2) is 4.46 Å². The lowest BCUT2D eigenvalue weighted by molar-refractivity contribution is 2.59. The largest absolute Gasteiger partial charge is 0.278 e. The summed E-state index contributed by atoms with van der Waals surface area (Å²) in [6.45, 7) is 3.52.